The van der Waals surface area contributed by atoms with Gasteiger partial charge in [-0.05, 0) is 5.56 Å². The Labute approximate surface area is 173 Å². The molecule has 0 saturated carbocycles. The number of benzene rings is 2. The smallest absolute Gasteiger partial charge is 0.342 e. The summed E-state index contributed by atoms with van der Waals surface area (Å²) >= 11 is 0. The van der Waals surface area contributed by atoms with E-state index >= 15 is 0 Å². The van der Waals surface area contributed by atoms with Crippen molar-refractivity contribution in [3.63, 3.8) is 0 Å². The summed E-state index contributed by atoms with van der Waals surface area (Å²) < 4.78 is 6.81. The molecule has 2 amide bonds. The molecule has 0 bridgehead atoms. The first kappa shape index (κ1) is 20.8. The third-order valence-electron chi connectivity index (χ3n) is 4.28. The SMILES string of the molecule is CNC(=O)CNC(=O)COC(=O)c1cn(Cc2ccccc2)nc1-c1ccccc1. The van der Waals surface area contributed by atoms with Crippen LogP contribution in [-0.4, -0.2) is 47.8 Å². The van der Waals surface area contributed by atoms with Crippen molar-refractivity contribution in [3.05, 3.63) is 78.0 Å². The third kappa shape index (κ3) is 5.54. The average molecular weight is 406 g/mol. The van der Waals surface area contributed by atoms with E-state index in [0.717, 1.165) is 11.1 Å². The summed E-state index contributed by atoms with van der Waals surface area (Å²) in [7, 11) is 1.47. The topological polar surface area (TPSA) is 102 Å². The van der Waals surface area contributed by atoms with E-state index in [-0.39, 0.29) is 18.0 Å². The molecule has 2 aromatic carbocycles. The van der Waals surface area contributed by atoms with Crippen LogP contribution in [0.5, 0.6) is 0 Å². The third-order valence-corrected chi connectivity index (χ3v) is 4.28. The highest BCUT2D eigenvalue weighted by Crippen LogP contribution is 2.23. The van der Waals surface area contributed by atoms with Crippen molar-refractivity contribution in [2.45, 2.75) is 6.54 Å². The van der Waals surface area contributed by atoms with Gasteiger partial charge in [-0.25, -0.2) is 4.79 Å². The number of carbonyl (C=O) groups excluding carboxylic acids is 3. The molecule has 0 fully saturated rings. The molecular weight excluding hydrogens is 384 g/mol. The van der Waals surface area contributed by atoms with Gasteiger partial charge in [0, 0.05) is 18.8 Å². The predicted molar refractivity (Wildman–Crippen MR) is 111 cm³/mol. The first-order valence-electron chi connectivity index (χ1n) is 9.38. The number of hydrogen-bond donors (Lipinski definition) is 2. The second-order valence-corrected chi connectivity index (χ2v) is 6.47. The zero-order valence-corrected chi connectivity index (χ0v) is 16.5. The maximum Gasteiger partial charge on any atom is 0.342 e. The van der Waals surface area contributed by atoms with Gasteiger partial charge >= 0.3 is 5.97 Å². The molecule has 0 radical (unpaired) electrons. The standard InChI is InChI=1S/C22H22N4O4/c1-23-19(27)12-24-20(28)15-30-22(29)18-14-26(13-16-8-4-2-5-9-16)25-21(18)17-10-6-3-7-11-17/h2-11,14H,12-13,15H2,1H3,(H,23,27)(H,24,28). The monoisotopic (exact) mass is 406 g/mol. The van der Waals surface area contributed by atoms with Crippen LogP contribution in [-0.2, 0) is 20.9 Å². The van der Waals surface area contributed by atoms with Gasteiger partial charge in [0.15, 0.2) is 6.61 Å². The van der Waals surface area contributed by atoms with Crippen LogP contribution < -0.4 is 10.6 Å². The molecular formula is C22H22N4O4. The molecule has 0 aliphatic carbocycles. The number of carbonyl (C=O) groups is 3. The van der Waals surface area contributed by atoms with Gasteiger partial charge in [-0.2, -0.15) is 5.10 Å². The lowest BCUT2D eigenvalue weighted by molar-refractivity contribution is -0.127. The van der Waals surface area contributed by atoms with Crippen molar-refractivity contribution >= 4 is 17.8 Å². The number of ether oxygens (including phenoxy) is 1. The van der Waals surface area contributed by atoms with Gasteiger partial charge in [0.1, 0.15) is 11.3 Å². The zero-order valence-electron chi connectivity index (χ0n) is 16.5. The number of esters is 1. The van der Waals surface area contributed by atoms with Crippen LogP contribution in [0.1, 0.15) is 15.9 Å². The fourth-order valence-electron chi connectivity index (χ4n) is 2.76. The van der Waals surface area contributed by atoms with E-state index in [0.29, 0.717) is 12.2 Å². The minimum absolute atomic E-state index is 0.183. The highest BCUT2D eigenvalue weighted by atomic mass is 16.5. The normalized spacial score (nSPS) is 10.3. The molecule has 1 aromatic heterocycles. The summed E-state index contributed by atoms with van der Waals surface area (Å²) in [6.45, 7) is -0.189. The molecule has 8 nitrogen and oxygen atoms in total. The van der Waals surface area contributed by atoms with Crippen LogP contribution in [0.3, 0.4) is 0 Å². The summed E-state index contributed by atoms with van der Waals surface area (Å²) in [6.07, 6.45) is 1.61. The van der Waals surface area contributed by atoms with E-state index in [1.165, 1.54) is 7.05 Å². The second kappa shape index (κ2) is 10.0. The number of amides is 2. The highest BCUT2D eigenvalue weighted by Gasteiger charge is 2.20. The first-order valence-corrected chi connectivity index (χ1v) is 9.38. The van der Waals surface area contributed by atoms with Crippen LogP contribution in [0.25, 0.3) is 11.3 Å². The molecule has 1 heterocycles. The molecule has 0 atom stereocenters. The van der Waals surface area contributed by atoms with Crippen molar-refractivity contribution in [1.29, 1.82) is 0 Å². The van der Waals surface area contributed by atoms with Crippen molar-refractivity contribution in [1.82, 2.24) is 20.4 Å². The Morgan fingerprint density at radius 2 is 1.63 bits per heavy atom. The maximum atomic E-state index is 12.7. The first-order chi connectivity index (χ1) is 14.6. The Kier molecular flexibility index (Phi) is 6.94. The van der Waals surface area contributed by atoms with Crippen molar-refractivity contribution in [2.24, 2.45) is 0 Å². The van der Waals surface area contributed by atoms with Gasteiger partial charge in [-0.1, -0.05) is 60.7 Å². The number of rotatable bonds is 8. The lowest BCUT2D eigenvalue weighted by Crippen LogP contribution is -2.37. The van der Waals surface area contributed by atoms with E-state index in [1.54, 1.807) is 10.9 Å². The molecule has 0 spiro atoms. The maximum absolute atomic E-state index is 12.7. The van der Waals surface area contributed by atoms with Crippen molar-refractivity contribution < 1.29 is 19.1 Å². The van der Waals surface area contributed by atoms with Crippen LogP contribution >= 0.6 is 0 Å². The van der Waals surface area contributed by atoms with E-state index < -0.39 is 18.5 Å². The van der Waals surface area contributed by atoms with Crippen molar-refractivity contribution in [2.75, 3.05) is 20.2 Å². The molecule has 0 aliphatic heterocycles. The minimum atomic E-state index is -0.664. The molecule has 0 unspecified atom stereocenters. The summed E-state index contributed by atoms with van der Waals surface area (Å²) in [5.41, 5.74) is 2.53. The Balaban J connectivity index is 1.75. The van der Waals surface area contributed by atoms with Crippen LogP contribution in [0.4, 0.5) is 0 Å². The van der Waals surface area contributed by atoms with Crippen LogP contribution in [0.2, 0.25) is 0 Å². The van der Waals surface area contributed by atoms with Crippen LogP contribution in [0, 0.1) is 0 Å². The van der Waals surface area contributed by atoms with Crippen molar-refractivity contribution in [3.8, 4) is 11.3 Å². The molecule has 154 valence electrons. The Morgan fingerprint density at radius 1 is 0.967 bits per heavy atom. The zero-order chi connectivity index (χ0) is 21.3. The molecule has 30 heavy (non-hydrogen) atoms. The largest absolute Gasteiger partial charge is 0.452 e. The quantitative estimate of drug-likeness (QED) is 0.554. The molecule has 3 aromatic rings. The fraction of sp³-hybridized carbons (Fsp3) is 0.182. The number of likely N-dealkylation sites (N-methyl/N-ethyl adjacent to an activating group) is 1. The summed E-state index contributed by atoms with van der Waals surface area (Å²) in [5, 5.41) is 9.32. The van der Waals surface area contributed by atoms with Crippen LogP contribution in [0.15, 0.2) is 66.9 Å². The van der Waals surface area contributed by atoms with E-state index in [2.05, 4.69) is 15.7 Å². The van der Waals surface area contributed by atoms with E-state index in [1.807, 2.05) is 60.7 Å². The second-order valence-electron chi connectivity index (χ2n) is 6.47. The van der Waals surface area contributed by atoms with E-state index in [9.17, 15) is 14.4 Å². The number of aromatic nitrogens is 2. The average Bonchev–Trinajstić information content (AvgIpc) is 3.21. The molecule has 0 aliphatic rings. The summed E-state index contributed by atoms with van der Waals surface area (Å²) in [5.74, 6) is -1.57. The van der Waals surface area contributed by atoms with E-state index in [4.69, 9.17) is 4.74 Å². The van der Waals surface area contributed by atoms with Gasteiger partial charge in [0.05, 0.1) is 13.1 Å². The Bertz CT molecular complexity index is 1020. The molecule has 0 saturated heterocycles. The number of nitrogens with one attached hydrogen (secondary N) is 2. The van der Waals surface area contributed by atoms with Gasteiger partial charge in [0.2, 0.25) is 5.91 Å². The fourth-order valence-corrected chi connectivity index (χ4v) is 2.76. The predicted octanol–water partition coefficient (Wildman–Crippen LogP) is 1.62. The van der Waals surface area contributed by atoms with Gasteiger partial charge < -0.3 is 15.4 Å². The Morgan fingerprint density at radius 3 is 2.30 bits per heavy atom. The summed E-state index contributed by atoms with van der Waals surface area (Å²) in [4.78, 5) is 35.7. The summed E-state index contributed by atoms with van der Waals surface area (Å²) in [6, 6.07) is 19.0. The van der Waals surface area contributed by atoms with Gasteiger partial charge in [-0.15, -0.1) is 0 Å². The minimum Gasteiger partial charge on any atom is -0.452 e. The van der Waals surface area contributed by atoms with Gasteiger partial charge in [0.25, 0.3) is 5.91 Å². The number of nitrogens with zero attached hydrogens (tertiary/aromatic N) is 2. The van der Waals surface area contributed by atoms with Gasteiger partial charge in [-0.3, -0.25) is 14.3 Å². The highest BCUT2D eigenvalue weighted by molar-refractivity contribution is 5.97. The molecule has 2 N–H and O–H groups in total. The molecule has 8 heteroatoms. The Hall–Kier alpha value is -3.94. The lowest BCUT2D eigenvalue weighted by Gasteiger charge is -2.06. The molecule has 3 rings (SSSR count). The number of hydrogen-bond acceptors (Lipinski definition) is 5. The lowest BCUT2D eigenvalue weighted by atomic mass is 10.1.